The van der Waals surface area contributed by atoms with Gasteiger partial charge in [-0.3, -0.25) is 20.7 Å². The van der Waals surface area contributed by atoms with Gasteiger partial charge < -0.3 is 55.9 Å². The van der Waals surface area contributed by atoms with E-state index in [0.29, 0.717) is 45.1 Å². The zero-order chi connectivity index (χ0) is 41.3. The smallest absolute Gasteiger partial charge is 0.393 e. The summed E-state index contributed by atoms with van der Waals surface area (Å²) in [5.74, 6) is -6.10. The summed E-state index contributed by atoms with van der Waals surface area (Å²) in [4.78, 5) is 11.0. The zero-order valence-electron chi connectivity index (χ0n) is 32.1. The highest BCUT2D eigenvalue weighted by atomic mass is 19.4. The number of nitrogens with one attached hydrogen (secondary N) is 4. The van der Waals surface area contributed by atoms with Gasteiger partial charge in [-0.05, 0) is 77.2 Å². The Balaban J connectivity index is 2.53. The molecule has 1 amide bonds. The molecule has 0 aromatic heterocycles. The SMILES string of the molecule is CCC(C)(CC)C(O)C(CCCCNC(O)CCOC(C)(C)CO)NC(O)CCCC(O)OC[C@H]1OC(NCCC(N)NC(=O)C(F)(F)F)C(F)(F)C1O. The van der Waals surface area contributed by atoms with E-state index in [4.69, 9.17) is 19.9 Å². The van der Waals surface area contributed by atoms with Crippen molar-refractivity contribution < 1.29 is 71.6 Å². The van der Waals surface area contributed by atoms with Crippen LogP contribution in [0.25, 0.3) is 0 Å². The van der Waals surface area contributed by atoms with Crippen LogP contribution in [0.15, 0.2) is 0 Å². The van der Waals surface area contributed by atoms with Crippen molar-refractivity contribution in [2.24, 2.45) is 11.1 Å². The molecule has 1 fully saturated rings. The molecule has 1 aliphatic rings. The second-order valence-corrected chi connectivity index (χ2v) is 14.8. The fourth-order valence-electron chi connectivity index (χ4n) is 5.69. The lowest BCUT2D eigenvalue weighted by Crippen LogP contribution is -2.51. The number of halogens is 5. The average Bonchev–Trinajstić information content (AvgIpc) is 3.31. The lowest BCUT2D eigenvalue weighted by molar-refractivity contribution is -0.174. The Bertz CT molecular complexity index is 1050. The standard InChI is InChI=1S/C34H66F5N5O10/c1-6-32(5,7-2)27(49)21(11-8-9-16-41-24(46)15-18-53-31(3,4)20-45)43-25(47)12-10-13-26(48)52-19-22-28(50)33(35,36)30(54-22)42-17-14-23(40)44-29(51)34(37,38)39/h21-28,30,41-43,45-50H,6-20,40H2,1-5H3,(H,44,51)/t21?,22-,23?,24?,25?,26?,27?,28?,30?/m1/s1. The molecule has 20 heteroatoms. The van der Waals surface area contributed by atoms with Gasteiger partial charge in [-0.25, -0.2) is 0 Å². The largest absolute Gasteiger partial charge is 0.471 e. The number of nitrogens with two attached hydrogens (primary N) is 1. The van der Waals surface area contributed by atoms with E-state index in [1.165, 1.54) is 5.32 Å². The summed E-state index contributed by atoms with van der Waals surface area (Å²) in [5, 5.41) is 71.8. The van der Waals surface area contributed by atoms with E-state index in [9.17, 15) is 57.4 Å². The van der Waals surface area contributed by atoms with Crippen molar-refractivity contribution in [2.75, 3.05) is 32.9 Å². The topological polar surface area (TPSA) is 240 Å². The second-order valence-electron chi connectivity index (χ2n) is 14.8. The van der Waals surface area contributed by atoms with Gasteiger partial charge in [-0.15, -0.1) is 0 Å². The fourth-order valence-corrected chi connectivity index (χ4v) is 5.69. The van der Waals surface area contributed by atoms with Crippen molar-refractivity contribution in [3.63, 3.8) is 0 Å². The molecule has 9 atom stereocenters. The summed E-state index contributed by atoms with van der Waals surface area (Å²) in [7, 11) is 0. The quantitative estimate of drug-likeness (QED) is 0.0286. The minimum Gasteiger partial charge on any atom is -0.393 e. The van der Waals surface area contributed by atoms with Gasteiger partial charge in [0.2, 0.25) is 0 Å². The molecule has 0 spiro atoms. The van der Waals surface area contributed by atoms with Crippen LogP contribution in [0.1, 0.15) is 98.8 Å². The molecular formula is C34H66F5N5O10. The van der Waals surface area contributed by atoms with Gasteiger partial charge in [0.05, 0.1) is 37.7 Å². The molecule has 0 saturated carbocycles. The van der Waals surface area contributed by atoms with E-state index >= 15 is 0 Å². The van der Waals surface area contributed by atoms with Crippen LogP contribution < -0.4 is 27.0 Å². The molecule has 322 valence electrons. The number of unbranched alkanes of at least 4 members (excludes halogenated alkanes) is 1. The van der Waals surface area contributed by atoms with E-state index in [1.54, 1.807) is 13.8 Å². The molecule has 0 aromatic carbocycles. The van der Waals surface area contributed by atoms with Crippen molar-refractivity contribution in [3.05, 3.63) is 0 Å². The fraction of sp³-hybridized carbons (Fsp3) is 0.971. The maximum absolute atomic E-state index is 14.6. The van der Waals surface area contributed by atoms with Gasteiger partial charge >= 0.3 is 18.0 Å². The molecule has 1 aliphatic heterocycles. The van der Waals surface area contributed by atoms with E-state index < -0.39 is 97.7 Å². The first kappa shape index (κ1) is 50.6. The van der Waals surface area contributed by atoms with Crippen LogP contribution >= 0.6 is 0 Å². The van der Waals surface area contributed by atoms with Gasteiger partial charge in [-0.1, -0.05) is 27.2 Å². The van der Waals surface area contributed by atoms with Crippen LogP contribution in [0.3, 0.4) is 0 Å². The number of carbonyl (C=O) groups excluding carboxylic acids is 1. The summed E-state index contributed by atoms with van der Waals surface area (Å²) < 4.78 is 82.1. The van der Waals surface area contributed by atoms with E-state index in [-0.39, 0.29) is 38.9 Å². The first-order chi connectivity index (χ1) is 25.0. The summed E-state index contributed by atoms with van der Waals surface area (Å²) >= 11 is 0. The van der Waals surface area contributed by atoms with Crippen molar-refractivity contribution >= 4 is 5.91 Å². The molecular weight excluding hydrogens is 733 g/mol. The number of rotatable bonds is 29. The monoisotopic (exact) mass is 799 g/mol. The third-order valence-corrected chi connectivity index (χ3v) is 9.85. The summed E-state index contributed by atoms with van der Waals surface area (Å²) in [5.41, 5.74) is 4.29. The Labute approximate surface area is 314 Å². The number of alkyl halides is 5. The molecule has 0 aliphatic carbocycles. The Hall–Kier alpha value is -1.40. The second kappa shape index (κ2) is 23.7. The molecule has 1 rings (SSSR count). The maximum Gasteiger partial charge on any atom is 0.471 e. The number of aliphatic hydroxyl groups excluding tert-OH is 6. The van der Waals surface area contributed by atoms with E-state index in [2.05, 4.69) is 16.0 Å². The summed E-state index contributed by atoms with van der Waals surface area (Å²) in [6.45, 7) is 9.06. The molecule has 15 nitrogen and oxygen atoms in total. The number of ether oxygens (including phenoxy) is 3. The Morgan fingerprint density at radius 3 is 2.17 bits per heavy atom. The molecule has 0 radical (unpaired) electrons. The van der Waals surface area contributed by atoms with Crippen molar-refractivity contribution in [1.29, 1.82) is 0 Å². The molecule has 0 aromatic rings. The first-order valence-corrected chi connectivity index (χ1v) is 18.7. The van der Waals surface area contributed by atoms with Crippen molar-refractivity contribution in [1.82, 2.24) is 21.3 Å². The van der Waals surface area contributed by atoms with Gasteiger partial charge in [0.15, 0.2) is 12.5 Å². The third-order valence-electron chi connectivity index (χ3n) is 9.85. The lowest BCUT2D eigenvalue weighted by atomic mass is 9.75. The molecule has 54 heavy (non-hydrogen) atoms. The highest BCUT2D eigenvalue weighted by molar-refractivity contribution is 5.81. The number of aliphatic hydroxyl groups is 6. The number of amides is 1. The number of hydrogen-bond donors (Lipinski definition) is 11. The van der Waals surface area contributed by atoms with E-state index in [0.717, 1.165) is 0 Å². The zero-order valence-corrected chi connectivity index (χ0v) is 32.1. The Morgan fingerprint density at radius 1 is 0.926 bits per heavy atom. The normalized spacial score (nSPS) is 22.8. The highest BCUT2D eigenvalue weighted by Crippen LogP contribution is 2.36. The van der Waals surface area contributed by atoms with Gasteiger partial charge in [0, 0.05) is 19.0 Å². The molecule has 0 bridgehead atoms. The maximum atomic E-state index is 14.6. The van der Waals surface area contributed by atoms with Crippen molar-refractivity contribution in [2.45, 2.75) is 172 Å². The molecule has 1 heterocycles. The Morgan fingerprint density at radius 2 is 1.57 bits per heavy atom. The van der Waals surface area contributed by atoms with Crippen molar-refractivity contribution in [3.8, 4) is 0 Å². The molecule has 8 unspecified atom stereocenters. The summed E-state index contributed by atoms with van der Waals surface area (Å²) in [6, 6.07) is -0.469. The first-order valence-electron chi connectivity index (χ1n) is 18.7. The van der Waals surface area contributed by atoms with Crippen LogP contribution in [-0.4, -0.2) is 143 Å². The van der Waals surface area contributed by atoms with Gasteiger partial charge in [0.25, 0.3) is 0 Å². The highest BCUT2D eigenvalue weighted by Gasteiger charge is 2.58. The molecule has 1 saturated heterocycles. The van der Waals surface area contributed by atoms with Crippen LogP contribution in [0.4, 0.5) is 22.0 Å². The van der Waals surface area contributed by atoms with Crippen LogP contribution in [0, 0.1) is 5.41 Å². The minimum absolute atomic E-state index is 0.00739. The van der Waals surface area contributed by atoms with E-state index in [1.807, 2.05) is 20.8 Å². The molecule has 12 N–H and O–H groups in total. The predicted molar refractivity (Wildman–Crippen MR) is 187 cm³/mol. The number of carbonyl (C=O) groups is 1. The third kappa shape index (κ3) is 17.8. The van der Waals surface area contributed by atoms with Crippen LogP contribution in [0.5, 0.6) is 0 Å². The van der Waals surface area contributed by atoms with Gasteiger partial charge in [-0.2, -0.15) is 22.0 Å². The van der Waals surface area contributed by atoms with Crippen LogP contribution in [0.2, 0.25) is 0 Å². The number of hydrogen-bond acceptors (Lipinski definition) is 14. The minimum atomic E-state index is -5.16. The lowest BCUT2D eigenvalue weighted by Gasteiger charge is -2.39. The Kier molecular flexibility index (Phi) is 22.3. The van der Waals surface area contributed by atoms with Crippen LogP contribution in [-0.2, 0) is 19.0 Å². The average molecular weight is 800 g/mol. The predicted octanol–water partition coefficient (Wildman–Crippen LogP) is 0.876. The van der Waals surface area contributed by atoms with Gasteiger partial charge in [0.1, 0.15) is 24.7 Å². The summed E-state index contributed by atoms with van der Waals surface area (Å²) in [6.07, 6.45) is -13.1.